The molecule has 0 aliphatic carbocycles. The van der Waals surface area contributed by atoms with Crippen LogP contribution in [-0.2, 0) is 0 Å². The number of fused-ring (bicyclic) bond motifs is 1. The van der Waals surface area contributed by atoms with E-state index >= 15 is 0 Å². The van der Waals surface area contributed by atoms with Crippen molar-refractivity contribution in [2.75, 3.05) is 0 Å². The zero-order chi connectivity index (χ0) is 15.7. The van der Waals surface area contributed by atoms with Crippen molar-refractivity contribution >= 4 is 34.4 Å². The van der Waals surface area contributed by atoms with E-state index in [1.165, 1.54) is 0 Å². The first-order valence-corrected chi connectivity index (χ1v) is 6.80. The van der Waals surface area contributed by atoms with Crippen LogP contribution in [0.4, 0.5) is 0 Å². The third kappa shape index (κ3) is 2.64. The molecule has 1 aromatic carbocycles. The number of guanidine groups is 1. The molecular weight excluding hydrogens is 302 g/mol. The lowest BCUT2D eigenvalue weighted by molar-refractivity contribution is 0.0976. The average Bonchev–Trinajstić information content (AvgIpc) is 2.95. The Hall–Kier alpha value is -2.86. The van der Waals surface area contributed by atoms with Gasteiger partial charge in [-0.3, -0.25) is 20.5 Å². The molecule has 2 heterocycles. The summed E-state index contributed by atoms with van der Waals surface area (Å²) in [7, 11) is 0. The van der Waals surface area contributed by atoms with Gasteiger partial charge in [-0.1, -0.05) is 11.6 Å². The fourth-order valence-electron chi connectivity index (χ4n) is 2.20. The van der Waals surface area contributed by atoms with Gasteiger partial charge in [-0.25, -0.2) is 0 Å². The number of benzene rings is 1. The summed E-state index contributed by atoms with van der Waals surface area (Å²) >= 11 is 6.05. The molecule has 1 amide bonds. The highest BCUT2D eigenvalue weighted by Gasteiger charge is 2.10. The maximum atomic E-state index is 11.8. The van der Waals surface area contributed by atoms with Crippen LogP contribution in [0.15, 0.2) is 48.9 Å². The number of pyridine rings is 1. The first-order chi connectivity index (χ1) is 10.5. The molecule has 3 rings (SSSR count). The Balaban J connectivity index is 2.05. The minimum absolute atomic E-state index is 0.390. The molecule has 110 valence electrons. The van der Waals surface area contributed by atoms with Crippen LogP contribution in [0, 0.1) is 5.41 Å². The average molecular weight is 314 g/mol. The lowest BCUT2D eigenvalue weighted by Gasteiger charge is -2.07. The third-order valence-corrected chi connectivity index (χ3v) is 3.40. The lowest BCUT2D eigenvalue weighted by Crippen LogP contribution is -2.35. The summed E-state index contributed by atoms with van der Waals surface area (Å²) in [6.45, 7) is 0. The summed E-state index contributed by atoms with van der Waals surface area (Å²) in [5.41, 5.74) is 7.23. The van der Waals surface area contributed by atoms with Crippen molar-refractivity contribution in [3.05, 3.63) is 59.5 Å². The van der Waals surface area contributed by atoms with Gasteiger partial charge in [0.05, 0.1) is 16.8 Å². The van der Waals surface area contributed by atoms with E-state index in [0.717, 1.165) is 16.6 Å². The topological polar surface area (TPSA) is 96.8 Å². The van der Waals surface area contributed by atoms with Crippen LogP contribution in [0.3, 0.4) is 0 Å². The predicted octanol–water partition coefficient (Wildman–Crippen LogP) is 2.30. The molecule has 0 saturated carbocycles. The molecule has 0 bridgehead atoms. The Morgan fingerprint density at radius 3 is 2.91 bits per heavy atom. The summed E-state index contributed by atoms with van der Waals surface area (Å²) in [5, 5.41) is 10.8. The smallest absolute Gasteiger partial charge is 0.259 e. The van der Waals surface area contributed by atoms with Gasteiger partial charge in [-0.05, 0) is 30.3 Å². The van der Waals surface area contributed by atoms with Crippen LogP contribution in [0.2, 0.25) is 5.02 Å². The molecule has 0 fully saturated rings. The molecule has 2 aromatic heterocycles. The van der Waals surface area contributed by atoms with Crippen molar-refractivity contribution in [3.8, 4) is 5.69 Å². The maximum Gasteiger partial charge on any atom is 0.259 e. The van der Waals surface area contributed by atoms with Gasteiger partial charge >= 0.3 is 0 Å². The van der Waals surface area contributed by atoms with Crippen LogP contribution < -0.4 is 11.1 Å². The van der Waals surface area contributed by atoms with Gasteiger partial charge in [0, 0.05) is 29.0 Å². The highest BCUT2D eigenvalue weighted by molar-refractivity contribution is 6.31. The summed E-state index contributed by atoms with van der Waals surface area (Å²) in [6, 6.07) is 8.94. The number of carbonyl (C=O) groups excluding carboxylic acids is 1. The molecule has 7 heteroatoms. The van der Waals surface area contributed by atoms with Crippen molar-refractivity contribution in [2.45, 2.75) is 0 Å². The molecule has 0 aliphatic rings. The van der Waals surface area contributed by atoms with Crippen molar-refractivity contribution in [1.29, 1.82) is 5.41 Å². The summed E-state index contributed by atoms with van der Waals surface area (Å²) in [6.07, 6.45) is 5.11. The van der Waals surface area contributed by atoms with E-state index in [4.69, 9.17) is 22.7 Å². The summed E-state index contributed by atoms with van der Waals surface area (Å²) in [5.74, 6) is -0.818. The number of carbonyl (C=O) groups is 1. The largest absolute Gasteiger partial charge is 0.370 e. The zero-order valence-electron chi connectivity index (χ0n) is 11.4. The van der Waals surface area contributed by atoms with Crippen LogP contribution in [-0.4, -0.2) is 21.4 Å². The summed E-state index contributed by atoms with van der Waals surface area (Å²) in [4.78, 5) is 16.1. The number of amides is 1. The van der Waals surface area contributed by atoms with Gasteiger partial charge in [0.25, 0.3) is 5.91 Å². The molecule has 4 N–H and O–H groups in total. The highest BCUT2D eigenvalue weighted by Crippen LogP contribution is 2.24. The Kier molecular flexibility index (Phi) is 3.52. The van der Waals surface area contributed by atoms with Gasteiger partial charge in [-0.2, -0.15) is 0 Å². The number of aromatic nitrogens is 2. The Morgan fingerprint density at radius 1 is 1.32 bits per heavy atom. The van der Waals surface area contributed by atoms with Gasteiger partial charge in [0.2, 0.25) is 0 Å². The number of hydrogen-bond donors (Lipinski definition) is 3. The number of halogens is 1. The van der Waals surface area contributed by atoms with E-state index < -0.39 is 5.91 Å². The fourth-order valence-corrected chi connectivity index (χ4v) is 2.38. The number of nitrogens with zero attached hydrogens (tertiary/aromatic N) is 2. The fraction of sp³-hybridized carbons (Fsp3) is 0. The Bertz CT molecular complexity index is 887. The first-order valence-electron chi connectivity index (χ1n) is 6.42. The van der Waals surface area contributed by atoms with E-state index in [0.29, 0.717) is 10.6 Å². The minimum Gasteiger partial charge on any atom is -0.370 e. The first kappa shape index (κ1) is 14.1. The molecule has 0 atom stereocenters. The highest BCUT2D eigenvalue weighted by atomic mass is 35.5. The number of nitrogens with two attached hydrogens (primary N) is 1. The van der Waals surface area contributed by atoms with Gasteiger partial charge < -0.3 is 10.3 Å². The molecule has 0 radical (unpaired) electrons. The van der Waals surface area contributed by atoms with E-state index in [1.807, 2.05) is 18.2 Å². The quantitative estimate of drug-likeness (QED) is 0.500. The van der Waals surface area contributed by atoms with Crippen molar-refractivity contribution in [2.24, 2.45) is 5.73 Å². The van der Waals surface area contributed by atoms with Crippen molar-refractivity contribution in [1.82, 2.24) is 14.9 Å². The molecule has 0 unspecified atom stereocenters. The predicted molar refractivity (Wildman–Crippen MR) is 85.5 cm³/mol. The normalized spacial score (nSPS) is 10.6. The standard InChI is InChI=1S/C15H12ClN5O/c16-10-1-2-12-11(7-10)13(3-5-19-12)21-6-4-9(8-21)14(22)20-15(17)18/h1-8H,(H4,17,18,20,22). The van der Waals surface area contributed by atoms with Gasteiger partial charge in [-0.15, -0.1) is 0 Å². The Labute approximate surface area is 131 Å². The van der Waals surface area contributed by atoms with E-state index in [-0.39, 0.29) is 5.96 Å². The SMILES string of the molecule is N=C(N)NC(=O)c1ccn(-c2ccnc3ccc(Cl)cc23)c1. The van der Waals surface area contributed by atoms with Crippen LogP contribution in [0.5, 0.6) is 0 Å². The van der Waals surface area contributed by atoms with Gasteiger partial charge in [0.1, 0.15) is 0 Å². The molecule has 22 heavy (non-hydrogen) atoms. The summed E-state index contributed by atoms with van der Waals surface area (Å²) < 4.78 is 1.80. The van der Waals surface area contributed by atoms with Crippen LogP contribution >= 0.6 is 11.6 Å². The van der Waals surface area contributed by atoms with Gasteiger partial charge in [0.15, 0.2) is 5.96 Å². The Morgan fingerprint density at radius 2 is 2.14 bits per heavy atom. The van der Waals surface area contributed by atoms with Crippen molar-refractivity contribution < 1.29 is 4.79 Å². The van der Waals surface area contributed by atoms with E-state index in [1.54, 1.807) is 35.3 Å². The molecule has 3 aromatic rings. The zero-order valence-corrected chi connectivity index (χ0v) is 12.1. The lowest BCUT2D eigenvalue weighted by atomic mass is 10.2. The number of rotatable bonds is 2. The molecule has 6 nitrogen and oxygen atoms in total. The van der Waals surface area contributed by atoms with E-state index in [2.05, 4.69) is 10.3 Å². The molecule has 0 spiro atoms. The van der Waals surface area contributed by atoms with Crippen LogP contribution in [0.1, 0.15) is 10.4 Å². The molecule has 0 aliphatic heterocycles. The number of hydrogen-bond acceptors (Lipinski definition) is 3. The minimum atomic E-state index is -0.428. The third-order valence-electron chi connectivity index (χ3n) is 3.16. The second-order valence-electron chi connectivity index (χ2n) is 4.67. The molecule has 0 saturated heterocycles. The monoisotopic (exact) mass is 313 g/mol. The van der Waals surface area contributed by atoms with Crippen LogP contribution in [0.25, 0.3) is 16.6 Å². The maximum absolute atomic E-state index is 11.8. The second-order valence-corrected chi connectivity index (χ2v) is 5.10. The molecular formula is C15H12ClN5O. The number of nitrogens with one attached hydrogen (secondary N) is 2. The van der Waals surface area contributed by atoms with E-state index in [9.17, 15) is 4.79 Å². The van der Waals surface area contributed by atoms with Crippen molar-refractivity contribution in [3.63, 3.8) is 0 Å². The second kappa shape index (κ2) is 5.50.